The molecule has 4 rings (SSSR count). The van der Waals surface area contributed by atoms with E-state index in [2.05, 4.69) is 10.3 Å². The molecule has 2 aromatic heterocycles. The van der Waals surface area contributed by atoms with Crippen LogP contribution in [0.1, 0.15) is 11.3 Å². The van der Waals surface area contributed by atoms with Gasteiger partial charge in [-0.2, -0.15) is 0 Å². The van der Waals surface area contributed by atoms with Crippen molar-refractivity contribution in [2.24, 2.45) is 0 Å². The fourth-order valence-electron chi connectivity index (χ4n) is 3.21. The number of H-pyrrole nitrogens is 1. The van der Waals surface area contributed by atoms with Gasteiger partial charge in [0.25, 0.3) is 0 Å². The number of benzene rings is 2. The Morgan fingerprint density at radius 1 is 1.11 bits per heavy atom. The molecule has 0 bridgehead atoms. The number of carbonyl (C=O) groups excluding carboxylic acids is 1. The first-order chi connectivity index (χ1) is 13.0. The lowest BCUT2D eigenvalue weighted by Gasteiger charge is -2.10. The molecule has 1 amide bonds. The van der Waals surface area contributed by atoms with Crippen LogP contribution < -0.4 is 5.32 Å². The Kier molecular flexibility index (Phi) is 4.24. The van der Waals surface area contributed by atoms with E-state index in [4.69, 9.17) is 0 Å². The highest BCUT2D eigenvalue weighted by Gasteiger charge is 2.15. The van der Waals surface area contributed by atoms with Gasteiger partial charge in [0, 0.05) is 34.7 Å². The average molecular weight is 365 g/mol. The molecule has 4 nitrogen and oxygen atoms in total. The highest BCUT2D eigenvalue weighted by Crippen LogP contribution is 2.25. The van der Waals surface area contributed by atoms with Gasteiger partial charge < -0.3 is 14.9 Å². The number of halogens is 2. The van der Waals surface area contributed by atoms with Gasteiger partial charge in [-0.1, -0.05) is 0 Å². The number of rotatable bonds is 4. The Balaban J connectivity index is 1.59. The van der Waals surface area contributed by atoms with Crippen LogP contribution in [0, 0.1) is 18.6 Å². The third kappa shape index (κ3) is 3.33. The summed E-state index contributed by atoms with van der Waals surface area (Å²) in [6, 6.07) is 12.7. The van der Waals surface area contributed by atoms with Crippen LogP contribution in [0.3, 0.4) is 0 Å². The maximum atomic E-state index is 14.2. The lowest BCUT2D eigenvalue weighted by Crippen LogP contribution is -2.16. The lowest BCUT2D eigenvalue weighted by molar-refractivity contribution is -0.115. The monoisotopic (exact) mass is 365 g/mol. The normalized spacial score (nSPS) is 11.1. The summed E-state index contributed by atoms with van der Waals surface area (Å²) in [5.74, 6) is -1.25. The molecule has 0 aliphatic carbocycles. The molecule has 2 heterocycles. The molecular formula is C21H17F2N3O. The van der Waals surface area contributed by atoms with E-state index >= 15 is 0 Å². The zero-order chi connectivity index (χ0) is 19.0. The molecule has 0 radical (unpaired) electrons. The van der Waals surface area contributed by atoms with Gasteiger partial charge >= 0.3 is 0 Å². The molecule has 0 aliphatic rings. The zero-order valence-electron chi connectivity index (χ0n) is 14.6. The maximum absolute atomic E-state index is 14.2. The summed E-state index contributed by atoms with van der Waals surface area (Å²) < 4.78 is 29.6. The van der Waals surface area contributed by atoms with Crippen molar-refractivity contribution in [2.75, 3.05) is 5.32 Å². The van der Waals surface area contributed by atoms with Crippen LogP contribution in [-0.4, -0.2) is 15.5 Å². The molecule has 136 valence electrons. The van der Waals surface area contributed by atoms with E-state index in [0.717, 1.165) is 16.9 Å². The van der Waals surface area contributed by atoms with Gasteiger partial charge in [-0.15, -0.1) is 0 Å². The Hall–Kier alpha value is -3.41. The van der Waals surface area contributed by atoms with Gasteiger partial charge in [0.05, 0.1) is 12.1 Å². The number of aromatic amines is 1. The molecule has 2 aromatic carbocycles. The molecule has 27 heavy (non-hydrogen) atoms. The third-order valence-electron chi connectivity index (χ3n) is 4.55. The van der Waals surface area contributed by atoms with Gasteiger partial charge in [-0.05, 0) is 61.0 Å². The van der Waals surface area contributed by atoms with Crippen LogP contribution in [0.15, 0.2) is 60.9 Å². The van der Waals surface area contributed by atoms with Crippen molar-refractivity contribution < 1.29 is 13.6 Å². The summed E-state index contributed by atoms with van der Waals surface area (Å²) >= 11 is 0. The molecule has 2 N–H and O–H groups in total. The average Bonchev–Trinajstić information content (AvgIpc) is 3.26. The molecule has 0 atom stereocenters. The quantitative estimate of drug-likeness (QED) is 0.540. The molecule has 0 fully saturated rings. The summed E-state index contributed by atoms with van der Waals surface area (Å²) in [7, 11) is 0. The predicted molar refractivity (Wildman–Crippen MR) is 101 cm³/mol. The maximum Gasteiger partial charge on any atom is 0.228 e. The highest BCUT2D eigenvalue weighted by molar-refractivity contribution is 5.96. The van der Waals surface area contributed by atoms with Crippen LogP contribution in [0.5, 0.6) is 0 Å². The van der Waals surface area contributed by atoms with Gasteiger partial charge in [-0.25, -0.2) is 8.78 Å². The number of hydrogen-bond acceptors (Lipinski definition) is 1. The highest BCUT2D eigenvalue weighted by atomic mass is 19.1. The fourth-order valence-corrected chi connectivity index (χ4v) is 3.21. The van der Waals surface area contributed by atoms with Crippen LogP contribution in [0.4, 0.5) is 14.5 Å². The number of anilines is 1. The van der Waals surface area contributed by atoms with E-state index in [9.17, 15) is 13.6 Å². The number of nitrogens with one attached hydrogen (secondary N) is 2. The Morgan fingerprint density at radius 2 is 1.89 bits per heavy atom. The summed E-state index contributed by atoms with van der Waals surface area (Å²) in [4.78, 5) is 15.7. The zero-order valence-corrected chi connectivity index (χ0v) is 14.6. The predicted octanol–water partition coefficient (Wildman–Crippen LogP) is 4.73. The standard InChI is InChI=1S/C21H17F2N3O/c1-13-16(17-10-14(22)4-7-19(17)24-13)12-21(27)25-20-11-15(5-6-18(20)23)26-8-2-3-9-26/h2-11,24H,12H2,1H3,(H,25,27). The van der Waals surface area contributed by atoms with Crippen molar-refractivity contribution in [3.05, 3.63) is 83.8 Å². The first-order valence-corrected chi connectivity index (χ1v) is 8.51. The lowest BCUT2D eigenvalue weighted by atomic mass is 10.1. The second kappa shape index (κ2) is 6.72. The molecule has 0 aliphatic heterocycles. The van der Waals surface area contributed by atoms with Crippen LogP contribution in [0.2, 0.25) is 0 Å². The summed E-state index contributed by atoms with van der Waals surface area (Å²) in [5, 5.41) is 3.28. The minimum Gasteiger partial charge on any atom is -0.358 e. The third-order valence-corrected chi connectivity index (χ3v) is 4.55. The van der Waals surface area contributed by atoms with E-state index in [1.54, 1.807) is 18.2 Å². The van der Waals surface area contributed by atoms with Crippen LogP contribution >= 0.6 is 0 Å². The molecule has 6 heteroatoms. The van der Waals surface area contributed by atoms with Gasteiger partial charge in [0.2, 0.25) is 5.91 Å². The van der Waals surface area contributed by atoms with Crippen molar-refractivity contribution in [3.63, 3.8) is 0 Å². The number of aromatic nitrogens is 2. The van der Waals surface area contributed by atoms with Gasteiger partial charge in [0.1, 0.15) is 11.6 Å². The van der Waals surface area contributed by atoms with Crippen molar-refractivity contribution in [1.29, 1.82) is 0 Å². The van der Waals surface area contributed by atoms with Crippen molar-refractivity contribution in [1.82, 2.24) is 9.55 Å². The van der Waals surface area contributed by atoms with E-state index in [0.29, 0.717) is 10.9 Å². The molecule has 0 spiro atoms. The number of hydrogen-bond donors (Lipinski definition) is 2. The number of amides is 1. The van der Waals surface area contributed by atoms with Gasteiger partial charge in [-0.3, -0.25) is 4.79 Å². The van der Waals surface area contributed by atoms with E-state index in [1.165, 1.54) is 18.2 Å². The topological polar surface area (TPSA) is 49.8 Å². The number of nitrogens with zero attached hydrogens (tertiary/aromatic N) is 1. The Morgan fingerprint density at radius 3 is 2.67 bits per heavy atom. The van der Waals surface area contributed by atoms with Crippen molar-refractivity contribution in [2.45, 2.75) is 13.3 Å². The SMILES string of the molecule is Cc1[nH]c2ccc(F)cc2c1CC(=O)Nc1cc(-n2cccc2)ccc1F. The summed E-state index contributed by atoms with van der Waals surface area (Å²) in [6.45, 7) is 1.83. The Labute approximate surface area is 154 Å². The van der Waals surface area contributed by atoms with Crippen molar-refractivity contribution in [3.8, 4) is 5.69 Å². The largest absolute Gasteiger partial charge is 0.358 e. The number of aryl methyl sites for hydroxylation is 1. The minimum atomic E-state index is -0.513. The van der Waals surface area contributed by atoms with Crippen LogP contribution in [-0.2, 0) is 11.2 Å². The molecular weight excluding hydrogens is 348 g/mol. The second-order valence-electron chi connectivity index (χ2n) is 6.40. The fraction of sp³-hybridized carbons (Fsp3) is 0.0952. The van der Waals surface area contributed by atoms with Crippen LogP contribution in [0.25, 0.3) is 16.6 Å². The summed E-state index contributed by atoms with van der Waals surface area (Å²) in [6.07, 6.45) is 3.69. The first-order valence-electron chi connectivity index (χ1n) is 8.51. The van der Waals surface area contributed by atoms with E-state index in [-0.39, 0.29) is 23.8 Å². The first kappa shape index (κ1) is 17.0. The second-order valence-corrected chi connectivity index (χ2v) is 6.40. The molecule has 0 saturated heterocycles. The Bertz CT molecular complexity index is 1130. The number of carbonyl (C=O) groups is 1. The molecule has 0 saturated carbocycles. The molecule has 0 unspecified atom stereocenters. The minimum absolute atomic E-state index is 0.0163. The smallest absolute Gasteiger partial charge is 0.228 e. The van der Waals surface area contributed by atoms with Crippen molar-refractivity contribution >= 4 is 22.5 Å². The van der Waals surface area contributed by atoms with E-state index in [1.807, 2.05) is 36.0 Å². The molecule has 4 aromatic rings. The summed E-state index contributed by atoms with van der Waals surface area (Å²) in [5.41, 5.74) is 3.09. The number of fused-ring (bicyclic) bond motifs is 1. The van der Waals surface area contributed by atoms with Gasteiger partial charge in [0.15, 0.2) is 0 Å². The van der Waals surface area contributed by atoms with E-state index < -0.39 is 5.82 Å².